The first-order valence-electron chi connectivity index (χ1n) is 1.74. The first-order valence-corrected chi connectivity index (χ1v) is 3.58. The molecular formula is C4H6Cl4. The van der Waals surface area contributed by atoms with E-state index in [4.69, 9.17) is 46.4 Å². The highest BCUT2D eigenvalue weighted by Crippen LogP contribution is 2.01. The minimum absolute atomic E-state index is 0.309. The lowest BCUT2D eigenvalue weighted by atomic mass is 10.9. The maximum absolute atomic E-state index is 5.10. The van der Waals surface area contributed by atoms with Gasteiger partial charge in [0.1, 0.15) is 4.84 Å². The molecule has 0 unspecified atom stereocenters. The number of halogens is 4. The molecule has 0 fully saturated rings. The fourth-order valence-electron chi connectivity index (χ4n) is 0. The van der Waals surface area contributed by atoms with Gasteiger partial charge in [-0.3, -0.25) is 0 Å². The van der Waals surface area contributed by atoms with Crippen molar-refractivity contribution in [2.45, 2.75) is 4.84 Å². The molecule has 4 heteroatoms. The Kier molecular flexibility index (Phi) is 15.8. The van der Waals surface area contributed by atoms with Crippen LogP contribution in [0.25, 0.3) is 0 Å². The molecule has 0 saturated carbocycles. The second-order valence-corrected chi connectivity index (χ2v) is 2.59. The molecule has 0 aromatic carbocycles. The van der Waals surface area contributed by atoms with Gasteiger partial charge in [-0.1, -0.05) is 18.2 Å². The van der Waals surface area contributed by atoms with Crippen molar-refractivity contribution in [2.24, 2.45) is 0 Å². The number of alkyl halides is 3. The average molecular weight is 196 g/mol. The molecule has 0 aliphatic carbocycles. The van der Waals surface area contributed by atoms with Crippen LogP contribution in [0.15, 0.2) is 12.1 Å². The molecule has 0 aliphatic heterocycles. The van der Waals surface area contributed by atoms with Crippen LogP contribution in [0.2, 0.25) is 0 Å². The van der Waals surface area contributed by atoms with Gasteiger partial charge in [-0.05, 0) is 5.54 Å². The summed E-state index contributed by atoms with van der Waals surface area (Å²) < 4.78 is 0. The second kappa shape index (κ2) is 10.8. The average Bonchev–Trinajstić information content (AvgIpc) is 1.69. The predicted octanol–water partition coefficient (Wildman–Crippen LogP) is 3.40. The van der Waals surface area contributed by atoms with E-state index in [1.165, 1.54) is 5.54 Å². The van der Waals surface area contributed by atoms with Crippen molar-refractivity contribution in [1.82, 2.24) is 0 Å². The third-order valence-corrected chi connectivity index (χ3v) is 1.05. The zero-order valence-electron chi connectivity index (χ0n) is 4.08. The van der Waals surface area contributed by atoms with E-state index in [9.17, 15) is 0 Å². The summed E-state index contributed by atoms with van der Waals surface area (Å²) in [6, 6.07) is 0. The summed E-state index contributed by atoms with van der Waals surface area (Å²) in [5, 5.41) is 0. The van der Waals surface area contributed by atoms with Gasteiger partial charge in [-0.15, -0.1) is 34.8 Å². The SMILES string of the molecule is C=CCl.ClCC(Cl)Cl. The van der Waals surface area contributed by atoms with Crippen molar-refractivity contribution < 1.29 is 0 Å². The summed E-state index contributed by atoms with van der Waals surface area (Å²) >= 11 is 20.0. The van der Waals surface area contributed by atoms with E-state index in [1.807, 2.05) is 0 Å². The minimum atomic E-state index is -0.406. The molecule has 0 bridgehead atoms. The van der Waals surface area contributed by atoms with Crippen LogP contribution in [-0.2, 0) is 0 Å². The van der Waals surface area contributed by atoms with E-state index < -0.39 is 4.84 Å². The highest BCUT2D eigenvalue weighted by atomic mass is 35.5. The molecule has 0 nitrogen and oxygen atoms in total. The van der Waals surface area contributed by atoms with Gasteiger partial charge >= 0.3 is 0 Å². The van der Waals surface area contributed by atoms with E-state index >= 15 is 0 Å². The molecule has 0 rings (SSSR count). The van der Waals surface area contributed by atoms with Gasteiger partial charge in [0.05, 0.1) is 5.88 Å². The fourth-order valence-corrected chi connectivity index (χ4v) is 0. The molecule has 0 aromatic rings. The fraction of sp³-hybridized carbons (Fsp3) is 0.500. The van der Waals surface area contributed by atoms with Crippen LogP contribution >= 0.6 is 46.4 Å². The third kappa shape index (κ3) is 28.6. The lowest BCUT2D eigenvalue weighted by molar-refractivity contribution is 1.40. The Labute approximate surface area is 69.4 Å². The Bertz CT molecular complexity index is 43.3. The zero-order chi connectivity index (χ0) is 6.99. The third-order valence-electron chi connectivity index (χ3n) is 0.117. The van der Waals surface area contributed by atoms with Gasteiger partial charge in [0, 0.05) is 0 Å². The summed E-state index contributed by atoms with van der Waals surface area (Å²) in [6.07, 6.45) is 0. The largest absolute Gasteiger partial charge is 0.124 e. The maximum Gasteiger partial charge on any atom is 0.121 e. The molecule has 0 N–H and O–H groups in total. The van der Waals surface area contributed by atoms with Gasteiger partial charge in [0.25, 0.3) is 0 Å². The normalized spacial score (nSPS) is 7.62. The molecule has 0 atom stereocenters. The molecule has 0 aromatic heterocycles. The molecule has 0 aliphatic rings. The van der Waals surface area contributed by atoms with Crippen LogP contribution < -0.4 is 0 Å². The van der Waals surface area contributed by atoms with Crippen molar-refractivity contribution >= 4 is 46.4 Å². The maximum atomic E-state index is 5.10. The Hall–Kier alpha value is 0.900. The monoisotopic (exact) mass is 194 g/mol. The van der Waals surface area contributed by atoms with Crippen LogP contribution in [0.3, 0.4) is 0 Å². The van der Waals surface area contributed by atoms with E-state index in [2.05, 4.69) is 6.58 Å². The zero-order valence-corrected chi connectivity index (χ0v) is 7.10. The van der Waals surface area contributed by atoms with Crippen LogP contribution in [0.1, 0.15) is 0 Å². The quantitative estimate of drug-likeness (QED) is 0.563. The predicted molar refractivity (Wildman–Crippen MR) is 42.3 cm³/mol. The van der Waals surface area contributed by atoms with Gasteiger partial charge in [-0.2, -0.15) is 0 Å². The summed E-state index contributed by atoms with van der Waals surface area (Å²) in [6.45, 7) is 3.13. The summed E-state index contributed by atoms with van der Waals surface area (Å²) in [5.41, 5.74) is 1.22. The molecule has 0 heterocycles. The van der Waals surface area contributed by atoms with Crippen LogP contribution in [0, 0.1) is 0 Å². The van der Waals surface area contributed by atoms with Gasteiger partial charge in [0.15, 0.2) is 0 Å². The molecule has 0 spiro atoms. The molecule has 50 valence electrons. The van der Waals surface area contributed by atoms with Gasteiger partial charge in [-0.25, -0.2) is 0 Å². The smallest absolute Gasteiger partial charge is 0.121 e. The van der Waals surface area contributed by atoms with Crippen molar-refractivity contribution in [3.05, 3.63) is 12.1 Å². The highest BCUT2D eigenvalue weighted by Gasteiger charge is 1.88. The summed E-state index contributed by atoms with van der Waals surface area (Å²) in [7, 11) is 0. The van der Waals surface area contributed by atoms with E-state index in [0.29, 0.717) is 5.88 Å². The minimum Gasteiger partial charge on any atom is -0.124 e. The van der Waals surface area contributed by atoms with Crippen molar-refractivity contribution in [3.63, 3.8) is 0 Å². The summed E-state index contributed by atoms with van der Waals surface area (Å²) in [4.78, 5) is -0.406. The lowest BCUT2D eigenvalue weighted by Crippen LogP contribution is -1.82. The van der Waals surface area contributed by atoms with Gasteiger partial charge < -0.3 is 0 Å². The Morgan fingerprint density at radius 1 is 1.50 bits per heavy atom. The molecule has 0 saturated heterocycles. The molecular weight excluding hydrogens is 190 g/mol. The van der Waals surface area contributed by atoms with E-state index in [1.54, 1.807) is 0 Å². The molecule has 0 radical (unpaired) electrons. The van der Waals surface area contributed by atoms with Crippen LogP contribution in [-0.4, -0.2) is 10.7 Å². The standard InChI is InChI=1S/C2H3Cl3.C2H3Cl/c3-1-2(4)5;1-2-3/h2H,1H2;2H,1H2. The topological polar surface area (TPSA) is 0 Å². The van der Waals surface area contributed by atoms with E-state index in [-0.39, 0.29) is 0 Å². The molecule has 8 heavy (non-hydrogen) atoms. The number of hydrogen-bond donors (Lipinski definition) is 0. The molecule has 0 amide bonds. The van der Waals surface area contributed by atoms with Crippen molar-refractivity contribution in [1.29, 1.82) is 0 Å². The number of rotatable bonds is 1. The second-order valence-electron chi connectivity index (χ2n) is 0.700. The van der Waals surface area contributed by atoms with Crippen LogP contribution in [0.5, 0.6) is 0 Å². The van der Waals surface area contributed by atoms with E-state index in [0.717, 1.165) is 0 Å². The lowest BCUT2D eigenvalue weighted by Gasteiger charge is -1.82. The number of hydrogen-bond acceptors (Lipinski definition) is 0. The van der Waals surface area contributed by atoms with Crippen molar-refractivity contribution in [2.75, 3.05) is 5.88 Å². The van der Waals surface area contributed by atoms with Crippen LogP contribution in [0.4, 0.5) is 0 Å². The van der Waals surface area contributed by atoms with Crippen molar-refractivity contribution in [3.8, 4) is 0 Å². The first-order chi connectivity index (χ1) is 3.68. The summed E-state index contributed by atoms with van der Waals surface area (Å²) in [5.74, 6) is 0.309. The van der Waals surface area contributed by atoms with Gasteiger partial charge in [0.2, 0.25) is 0 Å². The Morgan fingerprint density at radius 3 is 1.62 bits per heavy atom. The Balaban J connectivity index is 0. The highest BCUT2D eigenvalue weighted by molar-refractivity contribution is 6.47. The first kappa shape index (κ1) is 11.7. The Morgan fingerprint density at radius 2 is 1.62 bits per heavy atom.